The summed E-state index contributed by atoms with van der Waals surface area (Å²) in [4.78, 5) is 0. The van der Waals surface area contributed by atoms with Crippen LogP contribution >= 0.6 is 7.66 Å². The summed E-state index contributed by atoms with van der Waals surface area (Å²) in [6, 6.07) is 18.4. The normalized spacial score (nSPS) is 19.8. The molecule has 0 unspecified atom stereocenters. The van der Waals surface area contributed by atoms with Gasteiger partial charge in [0.1, 0.15) is 0 Å². The van der Waals surface area contributed by atoms with Crippen LogP contribution in [0.5, 0.6) is 23.0 Å². The maximum absolute atomic E-state index is 7.95. The summed E-state index contributed by atoms with van der Waals surface area (Å²) < 4.78 is 33.6. The molecule has 0 aliphatic carbocycles. The van der Waals surface area contributed by atoms with Gasteiger partial charge in [-0.15, -0.1) is 0 Å². The van der Waals surface area contributed by atoms with Gasteiger partial charge in [0.25, 0.3) is 0 Å². The Kier molecular flexibility index (Phi) is 8.60. The van der Waals surface area contributed by atoms with E-state index in [1.807, 2.05) is 0 Å². The van der Waals surface area contributed by atoms with Crippen LogP contribution < -0.4 is 18.1 Å². The van der Waals surface area contributed by atoms with Gasteiger partial charge in [-0.2, -0.15) is 0 Å². The van der Waals surface area contributed by atoms with E-state index in [0.717, 1.165) is 67.5 Å². The Morgan fingerprint density at radius 3 is 1.17 bits per heavy atom. The van der Waals surface area contributed by atoms with Gasteiger partial charge in [0.05, 0.1) is 0 Å². The molecule has 0 saturated heterocycles. The minimum atomic E-state index is -4.91. The molecule has 3 heterocycles. The zero-order valence-electron chi connectivity index (χ0n) is 36.1. The number of rotatable bonds is 0. The van der Waals surface area contributed by atoms with Crippen LogP contribution in [-0.4, -0.2) is 4.67 Å². The fraction of sp³-hybridized carbons (Fsp3) is 0.500. The molecule has 5 nitrogen and oxygen atoms in total. The summed E-state index contributed by atoms with van der Waals surface area (Å²) in [7, 11) is -4.91. The minimum absolute atomic E-state index is 0.0583. The summed E-state index contributed by atoms with van der Waals surface area (Å²) in [6.45, 7) is 39.5. The number of nitrogens with zero attached hydrogens (tertiary/aromatic N) is 1. The molecule has 7 rings (SSSR count). The van der Waals surface area contributed by atoms with Crippen LogP contribution in [0.1, 0.15) is 163 Å². The van der Waals surface area contributed by atoms with E-state index in [1.165, 1.54) is 22.3 Å². The van der Waals surface area contributed by atoms with Gasteiger partial charge in [-0.25, -0.2) is 0 Å². The van der Waals surface area contributed by atoms with Crippen molar-refractivity contribution in [1.29, 1.82) is 0 Å². The van der Waals surface area contributed by atoms with E-state index in [4.69, 9.17) is 18.1 Å². The molecule has 0 saturated carbocycles. The van der Waals surface area contributed by atoms with E-state index in [1.54, 1.807) is 0 Å². The van der Waals surface area contributed by atoms with Crippen molar-refractivity contribution in [3.8, 4) is 23.0 Å². The van der Waals surface area contributed by atoms with Crippen molar-refractivity contribution in [2.45, 2.75) is 158 Å². The molecule has 4 aromatic rings. The van der Waals surface area contributed by atoms with Gasteiger partial charge in [-0.3, -0.25) is 0 Å². The molecule has 0 radical (unpaired) electrons. The van der Waals surface area contributed by atoms with E-state index in [2.05, 4.69) is 171 Å². The second kappa shape index (κ2) is 12.0. The van der Waals surface area contributed by atoms with Crippen LogP contribution in [0.2, 0.25) is 0 Å². The molecule has 0 bridgehead atoms. The van der Waals surface area contributed by atoms with Gasteiger partial charge >= 0.3 is 327 Å². The Labute approximate surface area is 326 Å². The topological polar surface area (TPSA) is 40.2 Å². The van der Waals surface area contributed by atoms with E-state index in [-0.39, 0.29) is 27.6 Å². The van der Waals surface area contributed by atoms with E-state index >= 15 is 0 Å². The van der Waals surface area contributed by atoms with Crippen molar-refractivity contribution in [3.05, 3.63) is 115 Å². The first-order chi connectivity index (χ1) is 24.7. The Morgan fingerprint density at radius 2 is 0.833 bits per heavy atom. The summed E-state index contributed by atoms with van der Waals surface area (Å²) in [5.74, 6) is 3.11. The number of benzene rings is 4. The predicted molar refractivity (Wildman–Crippen MR) is 226 cm³/mol. The van der Waals surface area contributed by atoms with Crippen LogP contribution in [0.25, 0.3) is 0 Å². The molecule has 3 aliphatic rings. The Hall–Kier alpha value is -3.53. The van der Waals surface area contributed by atoms with Crippen molar-refractivity contribution >= 4 is 7.66 Å². The van der Waals surface area contributed by atoms with Gasteiger partial charge in [-0.1, -0.05) is 0 Å². The molecular formula is C48H64NO4P. The fourth-order valence-electron chi connectivity index (χ4n) is 8.51. The Balaban J connectivity index is 1.70. The van der Waals surface area contributed by atoms with Crippen molar-refractivity contribution < 1.29 is 18.1 Å². The standard InChI is InChI=1S/C48H64NO4P/c1-28-18-30(3)41-33(20-28)26-49-27-34-21-29(2)19-31(4)42(34)51-54(49,50-41)52-43-37(22-35(45(6,7)8)24-39(43)47(12,13)14)32(5)38-23-36(46(9,10)11)25-40(44(38)53-54)48(15,16)17/h18-25,32H,26-27H2,1-17H3. The SMILES string of the molecule is Cc1cc(C)c2c(c1)CN1Cc3cc(C)cc(C)c3OP13(O2)Oc1c(cc(C(C)(C)C)cc1C(C)(C)C)C(C)c1cc(C(C)(C)C)cc(C(C)(C)C)c1O3. The van der Waals surface area contributed by atoms with Crippen LogP contribution in [0.15, 0.2) is 48.5 Å². The van der Waals surface area contributed by atoms with Gasteiger partial charge in [-0.05, 0) is 0 Å². The number of fused-ring (bicyclic) bond motifs is 4. The molecule has 0 atom stereocenters. The third-order valence-corrected chi connectivity index (χ3v) is 14.8. The van der Waals surface area contributed by atoms with Crippen molar-refractivity contribution in [3.63, 3.8) is 0 Å². The third kappa shape index (κ3) is 6.22. The second-order valence-electron chi connectivity index (χ2n) is 20.7. The first-order valence-electron chi connectivity index (χ1n) is 19.9. The van der Waals surface area contributed by atoms with Gasteiger partial charge in [0.15, 0.2) is 0 Å². The molecule has 0 aromatic heterocycles. The molecule has 6 heteroatoms. The summed E-state index contributed by atoms with van der Waals surface area (Å²) in [5.41, 5.74) is 13.0. The molecular weight excluding hydrogens is 686 g/mol. The third-order valence-electron chi connectivity index (χ3n) is 11.7. The molecule has 0 amide bonds. The average molecular weight is 750 g/mol. The summed E-state index contributed by atoms with van der Waals surface area (Å²) >= 11 is 0. The summed E-state index contributed by atoms with van der Waals surface area (Å²) in [6.07, 6.45) is 0. The molecule has 1 spiro atoms. The maximum atomic E-state index is 7.95. The van der Waals surface area contributed by atoms with Gasteiger partial charge in [0.2, 0.25) is 0 Å². The molecule has 0 N–H and O–H groups in total. The predicted octanol–water partition coefficient (Wildman–Crippen LogP) is 13.6. The van der Waals surface area contributed by atoms with Crippen LogP contribution in [0.4, 0.5) is 0 Å². The molecule has 0 fully saturated rings. The van der Waals surface area contributed by atoms with Crippen LogP contribution in [0.3, 0.4) is 0 Å². The second-order valence-corrected chi connectivity index (χ2v) is 23.6. The van der Waals surface area contributed by atoms with Gasteiger partial charge < -0.3 is 0 Å². The van der Waals surface area contributed by atoms with E-state index < -0.39 is 7.66 Å². The number of aryl methyl sites for hydroxylation is 4. The zero-order valence-corrected chi connectivity index (χ0v) is 37.0. The van der Waals surface area contributed by atoms with Crippen molar-refractivity contribution in [2.24, 2.45) is 0 Å². The summed E-state index contributed by atoms with van der Waals surface area (Å²) in [5, 5.41) is 0. The first-order valence-corrected chi connectivity index (χ1v) is 21.7. The Bertz CT molecular complexity index is 2050. The van der Waals surface area contributed by atoms with E-state index in [9.17, 15) is 0 Å². The fourth-order valence-corrected chi connectivity index (χ4v) is 12.1. The first kappa shape index (κ1) is 38.7. The van der Waals surface area contributed by atoms with Gasteiger partial charge in [0, 0.05) is 0 Å². The quantitative estimate of drug-likeness (QED) is 0.167. The van der Waals surface area contributed by atoms with E-state index in [0.29, 0.717) is 13.1 Å². The van der Waals surface area contributed by atoms with Crippen LogP contribution in [-0.2, 0) is 34.7 Å². The van der Waals surface area contributed by atoms with Crippen LogP contribution in [0, 0.1) is 27.7 Å². The zero-order chi connectivity index (χ0) is 39.7. The average Bonchev–Trinajstić information content (AvgIpc) is 3.01. The molecule has 54 heavy (non-hydrogen) atoms. The van der Waals surface area contributed by atoms with Crippen molar-refractivity contribution in [1.82, 2.24) is 4.67 Å². The molecule has 4 aromatic carbocycles. The number of hydrogen-bond donors (Lipinski definition) is 0. The number of hydrogen-bond acceptors (Lipinski definition) is 5. The molecule has 290 valence electrons. The Morgan fingerprint density at radius 1 is 0.481 bits per heavy atom. The molecule has 3 aliphatic heterocycles. The monoisotopic (exact) mass is 749 g/mol. The van der Waals surface area contributed by atoms with Crippen molar-refractivity contribution in [2.75, 3.05) is 0 Å².